The summed E-state index contributed by atoms with van der Waals surface area (Å²) in [5.74, 6) is 1.10. The molecule has 1 aliphatic heterocycles. The summed E-state index contributed by atoms with van der Waals surface area (Å²) in [4.78, 5) is 22.7. The van der Waals surface area contributed by atoms with Gasteiger partial charge in [0.2, 0.25) is 0 Å². The first-order valence-electron chi connectivity index (χ1n) is 10.3. The molecule has 0 spiro atoms. The standard InChI is InChI=1S/C25H19FN4O3/c1-2-22(31)30-13-14-32-24-20(30)12-11-19-23(24)25(28-15-27-19)29-16-7-9-17(10-8-16)33-21-6-4-3-5-18(21)26/h2-12,15H,1,13-14H2,(H,27,28,29). The Morgan fingerprint density at radius 2 is 1.94 bits per heavy atom. The molecule has 0 saturated heterocycles. The van der Waals surface area contributed by atoms with Gasteiger partial charge < -0.3 is 19.7 Å². The summed E-state index contributed by atoms with van der Waals surface area (Å²) in [6, 6.07) is 16.9. The van der Waals surface area contributed by atoms with Crippen LogP contribution in [0.25, 0.3) is 10.9 Å². The zero-order chi connectivity index (χ0) is 22.8. The molecule has 0 fully saturated rings. The number of para-hydroxylation sites is 1. The van der Waals surface area contributed by atoms with Gasteiger partial charge in [0.25, 0.3) is 5.91 Å². The van der Waals surface area contributed by atoms with Crippen molar-refractivity contribution >= 4 is 34.0 Å². The van der Waals surface area contributed by atoms with Crippen molar-refractivity contribution < 1.29 is 18.7 Å². The maximum Gasteiger partial charge on any atom is 0.250 e. The molecule has 5 rings (SSSR count). The van der Waals surface area contributed by atoms with Crippen molar-refractivity contribution in [3.8, 4) is 17.2 Å². The summed E-state index contributed by atoms with van der Waals surface area (Å²) in [6.45, 7) is 4.37. The molecular weight excluding hydrogens is 423 g/mol. The highest BCUT2D eigenvalue weighted by Gasteiger charge is 2.25. The molecule has 7 nitrogen and oxygen atoms in total. The molecule has 1 amide bonds. The van der Waals surface area contributed by atoms with Crippen LogP contribution in [0, 0.1) is 5.82 Å². The number of nitrogens with one attached hydrogen (secondary N) is 1. The van der Waals surface area contributed by atoms with Crippen LogP contribution in [0.3, 0.4) is 0 Å². The molecule has 0 aliphatic carbocycles. The van der Waals surface area contributed by atoms with Crippen LogP contribution in [-0.4, -0.2) is 29.0 Å². The fraction of sp³-hybridized carbons (Fsp3) is 0.0800. The lowest BCUT2D eigenvalue weighted by molar-refractivity contribution is -0.114. The molecule has 1 aliphatic rings. The molecule has 0 bridgehead atoms. The van der Waals surface area contributed by atoms with Crippen molar-refractivity contribution in [2.24, 2.45) is 0 Å². The third kappa shape index (κ3) is 3.94. The van der Waals surface area contributed by atoms with E-state index in [9.17, 15) is 9.18 Å². The quantitative estimate of drug-likeness (QED) is 0.427. The highest BCUT2D eigenvalue weighted by Crippen LogP contribution is 2.41. The lowest BCUT2D eigenvalue weighted by Gasteiger charge is -2.29. The van der Waals surface area contributed by atoms with E-state index in [2.05, 4.69) is 21.9 Å². The van der Waals surface area contributed by atoms with Gasteiger partial charge >= 0.3 is 0 Å². The fourth-order valence-electron chi connectivity index (χ4n) is 3.66. The van der Waals surface area contributed by atoms with E-state index in [1.807, 2.05) is 12.1 Å². The summed E-state index contributed by atoms with van der Waals surface area (Å²) >= 11 is 0. The third-order valence-corrected chi connectivity index (χ3v) is 5.21. The summed E-state index contributed by atoms with van der Waals surface area (Å²) in [5.41, 5.74) is 2.06. The first-order chi connectivity index (χ1) is 16.1. The predicted octanol–water partition coefficient (Wildman–Crippen LogP) is 5.22. The van der Waals surface area contributed by atoms with E-state index >= 15 is 0 Å². The van der Waals surface area contributed by atoms with E-state index < -0.39 is 5.82 Å². The van der Waals surface area contributed by atoms with Gasteiger partial charge in [0.1, 0.15) is 24.5 Å². The van der Waals surface area contributed by atoms with Crippen LogP contribution >= 0.6 is 0 Å². The average molecular weight is 442 g/mol. The highest BCUT2D eigenvalue weighted by molar-refractivity contribution is 6.07. The van der Waals surface area contributed by atoms with Crippen molar-refractivity contribution in [3.05, 3.63) is 85.5 Å². The number of benzene rings is 3. The molecule has 0 saturated carbocycles. The Balaban J connectivity index is 1.46. The molecule has 0 atom stereocenters. The van der Waals surface area contributed by atoms with E-state index in [0.717, 1.165) is 5.69 Å². The van der Waals surface area contributed by atoms with E-state index in [1.165, 1.54) is 18.5 Å². The van der Waals surface area contributed by atoms with Gasteiger partial charge in [-0.1, -0.05) is 18.7 Å². The van der Waals surface area contributed by atoms with Crippen LogP contribution in [0.1, 0.15) is 0 Å². The second-order valence-electron chi connectivity index (χ2n) is 7.25. The second kappa shape index (κ2) is 8.58. The van der Waals surface area contributed by atoms with Crippen molar-refractivity contribution in [2.75, 3.05) is 23.4 Å². The summed E-state index contributed by atoms with van der Waals surface area (Å²) in [5, 5.41) is 3.94. The number of nitrogens with zero attached hydrogens (tertiary/aromatic N) is 3. The van der Waals surface area contributed by atoms with Gasteiger partial charge in [-0.05, 0) is 54.6 Å². The lowest BCUT2D eigenvalue weighted by Crippen LogP contribution is -2.36. The summed E-state index contributed by atoms with van der Waals surface area (Å²) in [6.07, 6.45) is 2.74. The average Bonchev–Trinajstić information content (AvgIpc) is 2.85. The topological polar surface area (TPSA) is 76.6 Å². The number of hydrogen-bond acceptors (Lipinski definition) is 6. The number of carbonyl (C=O) groups is 1. The largest absolute Gasteiger partial charge is 0.489 e. The number of aromatic nitrogens is 2. The molecular formula is C25H19FN4O3. The third-order valence-electron chi connectivity index (χ3n) is 5.21. The zero-order valence-corrected chi connectivity index (χ0v) is 17.5. The first kappa shape index (κ1) is 20.4. The molecule has 0 radical (unpaired) electrons. The smallest absolute Gasteiger partial charge is 0.250 e. The second-order valence-corrected chi connectivity index (χ2v) is 7.25. The van der Waals surface area contributed by atoms with Crippen molar-refractivity contribution in [3.63, 3.8) is 0 Å². The van der Waals surface area contributed by atoms with Gasteiger partial charge in [-0.2, -0.15) is 0 Å². The Kier molecular flexibility index (Phi) is 5.32. The maximum absolute atomic E-state index is 13.8. The van der Waals surface area contributed by atoms with Crippen molar-refractivity contribution in [2.45, 2.75) is 0 Å². The molecule has 4 aromatic rings. The normalized spacial score (nSPS) is 12.6. The van der Waals surface area contributed by atoms with Crippen molar-refractivity contribution in [1.29, 1.82) is 0 Å². The van der Waals surface area contributed by atoms with E-state index in [1.54, 1.807) is 47.4 Å². The van der Waals surface area contributed by atoms with Crippen LogP contribution < -0.4 is 19.7 Å². The van der Waals surface area contributed by atoms with Crippen LogP contribution in [0.5, 0.6) is 17.2 Å². The SMILES string of the molecule is C=CC(=O)N1CCOc2c1ccc1ncnc(Nc3ccc(Oc4ccccc4F)cc3)c21. The Hall–Kier alpha value is -4.46. The predicted molar refractivity (Wildman–Crippen MR) is 124 cm³/mol. The van der Waals surface area contributed by atoms with Gasteiger partial charge in [-0.15, -0.1) is 0 Å². The number of carbonyl (C=O) groups excluding carboxylic acids is 1. The summed E-state index contributed by atoms with van der Waals surface area (Å²) in [7, 11) is 0. The van der Waals surface area contributed by atoms with E-state index in [4.69, 9.17) is 9.47 Å². The zero-order valence-electron chi connectivity index (χ0n) is 17.5. The van der Waals surface area contributed by atoms with Gasteiger partial charge in [-0.25, -0.2) is 14.4 Å². The minimum absolute atomic E-state index is 0.155. The van der Waals surface area contributed by atoms with Crippen molar-refractivity contribution in [1.82, 2.24) is 9.97 Å². The van der Waals surface area contributed by atoms with E-state index in [-0.39, 0.29) is 11.7 Å². The Labute approximate surface area is 189 Å². The molecule has 164 valence electrons. The van der Waals surface area contributed by atoms with Gasteiger partial charge in [0.15, 0.2) is 17.3 Å². The molecule has 2 heterocycles. The van der Waals surface area contributed by atoms with Crippen LogP contribution in [-0.2, 0) is 4.79 Å². The Morgan fingerprint density at radius 1 is 1.12 bits per heavy atom. The van der Waals surface area contributed by atoms with E-state index in [0.29, 0.717) is 47.1 Å². The van der Waals surface area contributed by atoms with Gasteiger partial charge in [0, 0.05) is 5.69 Å². The number of amides is 1. The number of halogens is 1. The van der Waals surface area contributed by atoms with Crippen LogP contribution in [0.15, 0.2) is 79.6 Å². The molecule has 0 unspecified atom stereocenters. The molecule has 1 aromatic heterocycles. The minimum Gasteiger partial charge on any atom is -0.489 e. The first-order valence-corrected chi connectivity index (χ1v) is 10.3. The fourth-order valence-corrected chi connectivity index (χ4v) is 3.66. The summed E-state index contributed by atoms with van der Waals surface area (Å²) < 4.78 is 25.4. The van der Waals surface area contributed by atoms with Crippen LogP contribution in [0.2, 0.25) is 0 Å². The molecule has 3 aromatic carbocycles. The number of rotatable bonds is 5. The van der Waals surface area contributed by atoms with Crippen LogP contribution in [0.4, 0.5) is 21.6 Å². The van der Waals surface area contributed by atoms with Gasteiger partial charge in [-0.3, -0.25) is 4.79 Å². The molecule has 8 heteroatoms. The number of fused-ring (bicyclic) bond motifs is 3. The maximum atomic E-state index is 13.8. The molecule has 33 heavy (non-hydrogen) atoms. The minimum atomic E-state index is -0.430. The molecule has 1 N–H and O–H groups in total. The monoisotopic (exact) mass is 442 g/mol. The Morgan fingerprint density at radius 3 is 2.73 bits per heavy atom. The Bertz CT molecular complexity index is 1360. The lowest BCUT2D eigenvalue weighted by atomic mass is 10.1. The van der Waals surface area contributed by atoms with Gasteiger partial charge in [0.05, 0.1) is 23.1 Å². The number of anilines is 3. The number of hydrogen-bond donors (Lipinski definition) is 1. The highest BCUT2D eigenvalue weighted by atomic mass is 19.1. The number of ether oxygens (including phenoxy) is 2.